The summed E-state index contributed by atoms with van der Waals surface area (Å²) in [6.07, 6.45) is 0.565. The highest BCUT2D eigenvalue weighted by Crippen LogP contribution is 2.52. The van der Waals surface area contributed by atoms with Crippen molar-refractivity contribution in [2.45, 2.75) is 231 Å². The molecule has 62 heavy (non-hydrogen) atoms. The third-order valence-corrected chi connectivity index (χ3v) is 29.7. The molecule has 0 bridgehead atoms. The molecule has 0 aromatic heterocycles. The predicted molar refractivity (Wildman–Crippen MR) is 257 cm³/mol. The van der Waals surface area contributed by atoms with Gasteiger partial charge in [-0.15, -0.1) is 0 Å². The molecule has 3 aliphatic carbocycles. The molecule has 2 N–H and O–H groups in total. The van der Waals surface area contributed by atoms with Crippen molar-refractivity contribution in [3.63, 3.8) is 0 Å². The standard InChI is InChI=1S/2C16H28FNO2Si.C16H28FNOSi/c1-9-16(18-6)11(2)14(13(19)12(16)10-17)20-21(7,8)15(3,4)5;1-9-16(18-6)11(2)13(19)14(12(16)10-17)20-21(7,8)15(3,4)5;1-9-16(18-6)12(2)10-14(13(16)11-17)19-20(7,8)15(3,4)5/h2*10-11,13-14,19H,9H2,1-5,7-8H3;11-12,14H,9-10H2,1-5,7-8H3/b2*12-10+;13-11+/t11-,13-,14+,16-;11-,13+,14-,16-;12-,14+,16-/m000/s1. The molecule has 3 aliphatic rings. The van der Waals surface area contributed by atoms with E-state index in [1.54, 1.807) is 0 Å². The SMILES string of the molecule is [C-]#[N+][C@]1(CC)/C(=C/F)[C@H](O)[C@H](O[Si](C)(C)C(C)(C)C)[C@@H]1C.[C-]#[N+][C@]1(CC)/C(=C/F)[C@H](O[Si](C)(C)C(C)(C)C)C[C@@H]1C.[C-]#[N+][C@]1(CC)/C(=C/F)[C@H](O[Si](C)(C)C(C)(C)C)[C@H](O)[C@@H]1C. The van der Waals surface area contributed by atoms with Crippen molar-refractivity contribution in [1.82, 2.24) is 0 Å². The molecular formula is C48H84F3N3O5Si3. The smallest absolute Gasteiger partial charge is 0.263 e. The van der Waals surface area contributed by atoms with Crippen molar-refractivity contribution in [3.8, 4) is 0 Å². The molecule has 0 aromatic rings. The van der Waals surface area contributed by atoms with Gasteiger partial charge in [0.05, 0.1) is 65.9 Å². The van der Waals surface area contributed by atoms with Gasteiger partial charge in [0, 0.05) is 25.2 Å². The maximum Gasteiger partial charge on any atom is 0.263 e. The molecule has 14 heteroatoms. The van der Waals surface area contributed by atoms with E-state index in [2.05, 4.69) is 116 Å². The monoisotopic (exact) mass is 924 g/mol. The lowest BCUT2D eigenvalue weighted by atomic mass is 9.83. The average molecular weight is 924 g/mol. The van der Waals surface area contributed by atoms with Gasteiger partial charge in [0.1, 0.15) is 12.2 Å². The largest absolute Gasteiger partial charge is 0.410 e. The number of halogens is 3. The minimum Gasteiger partial charge on any atom is -0.410 e. The Morgan fingerprint density at radius 3 is 1.27 bits per heavy atom. The van der Waals surface area contributed by atoms with Crippen molar-refractivity contribution in [1.29, 1.82) is 0 Å². The fourth-order valence-electron chi connectivity index (χ4n) is 8.47. The Hall–Kier alpha value is -2.07. The van der Waals surface area contributed by atoms with E-state index < -0.39 is 66.0 Å². The number of rotatable bonds is 9. The fraction of sp³-hybridized carbons (Fsp3) is 0.812. The summed E-state index contributed by atoms with van der Waals surface area (Å²) in [7, 11) is -6.21. The highest BCUT2D eigenvalue weighted by molar-refractivity contribution is 6.75. The van der Waals surface area contributed by atoms with E-state index >= 15 is 0 Å². The van der Waals surface area contributed by atoms with Gasteiger partial charge in [-0.1, -0.05) is 104 Å². The van der Waals surface area contributed by atoms with Crippen molar-refractivity contribution < 1.29 is 36.7 Å². The Balaban J connectivity index is 0.000000465. The van der Waals surface area contributed by atoms with Gasteiger partial charge in [-0.2, -0.15) is 0 Å². The zero-order valence-electron chi connectivity index (χ0n) is 42.3. The number of hydrogen-bond donors (Lipinski definition) is 2. The van der Waals surface area contributed by atoms with Crippen LogP contribution in [0.25, 0.3) is 14.5 Å². The van der Waals surface area contributed by atoms with Crippen molar-refractivity contribution in [3.05, 3.63) is 70.0 Å². The van der Waals surface area contributed by atoms with Crippen LogP contribution in [-0.4, -0.2) is 82.3 Å². The van der Waals surface area contributed by atoms with Gasteiger partial charge in [-0.25, -0.2) is 32.9 Å². The molecule has 0 saturated heterocycles. The van der Waals surface area contributed by atoms with Crippen LogP contribution in [0.2, 0.25) is 54.4 Å². The van der Waals surface area contributed by atoms with E-state index in [4.69, 9.17) is 33.0 Å². The Bertz CT molecular complexity index is 1750. The quantitative estimate of drug-likeness (QED) is 0.178. The zero-order chi connectivity index (χ0) is 49.0. The van der Waals surface area contributed by atoms with Crippen LogP contribution < -0.4 is 0 Å². The van der Waals surface area contributed by atoms with Gasteiger partial charge >= 0.3 is 0 Å². The van der Waals surface area contributed by atoms with Gasteiger partial charge in [-0.3, -0.25) is 0 Å². The minimum absolute atomic E-state index is 0.00159. The Labute approximate surface area is 379 Å². The first kappa shape index (κ1) is 57.9. The van der Waals surface area contributed by atoms with Crippen LogP contribution in [-0.2, 0) is 13.3 Å². The maximum absolute atomic E-state index is 13.6. The van der Waals surface area contributed by atoms with Crippen molar-refractivity contribution >= 4 is 25.0 Å². The summed E-state index contributed by atoms with van der Waals surface area (Å²) in [5, 5.41) is 21.1. The van der Waals surface area contributed by atoms with Crippen LogP contribution in [0.4, 0.5) is 13.2 Å². The number of aliphatic hydroxyl groups excluding tert-OH is 2. The molecule has 0 radical (unpaired) electrons. The van der Waals surface area contributed by atoms with E-state index in [-0.39, 0.29) is 44.5 Å². The van der Waals surface area contributed by atoms with Gasteiger partial charge in [0.15, 0.2) is 25.0 Å². The zero-order valence-corrected chi connectivity index (χ0v) is 45.3. The van der Waals surface area contributed by atoms with Crippen LogP contribution in [0, 0.1) is 37.5 Å². The fourth-order valence-corrected chi connectivity index (χ4v) is 12.4. The van der Waals surface area contributed by atoms with Crippen molar-refractivity contribution in [2.75, 3.05) is 0 Å². The van der Waals surface area contributed by atoms with E-state index in [0.717, 1.165) is 6.42 Å². The first-order chi connectivity index (χ1) is 28.0. The lowest BCUT2D eigenvalue weighted by Crippen LogP contribution is -2.48. The molecule has 0 aromatic carbocycles. The molecule has 8 nitrogen and oxygen atoms in total. The summed E-state index contributed by atoms with van der Waals surface area (Å²) in [6.45, 7) is 65.9. The van der Waals surface area contributed by atoms with E-state index in [9.17, 15) is 23.4 Å². The van der Waals surface area contributed by atoms with E-state index in [0.29, 0.717) is 49.4 Å². The van der Waals surface area contributed by atoms with E-state index in [1.165, 1.54) is 0 Å². The van der Waals surface area contributed by atoms with Crippen LogP contribution in [0.1, 0.15) is 130 Å². The molecular weight excluding hydrogens is 840 g/mol. The van der Waals surface area contributed by atoms with Crippen LogP contribution in [0.5, 0.6) is 0 Å². The average Bonchev–Trinajstić information content (AvgIpc) is 3.63. The third-order valence-electron chi connectivity index (χ3n) is 16.3. The molecule has 0 amide bonds. The lowest BCUT2D eigenvalue weighted by Gasteiger charge is -2.40. The number of aliphatic hydroxyl groups is 2. The second kappa shape index (κ2) is 20.6. The Kier molecular flexibility index (Phi) is 19.3. The summed E-state index contributed by atoms with van der Waals surface area (Å²) in [5.74, 6) is -0.426. The van der Waals surface area contributed by atoms with Gasteiger partial charge in [-0.05, 0) is 60.8 Å². The summed E-state index contributed by atoms with van der Waals surface area (Å²) in [4.78, 5) is 11.2. The molecule has 3 saturated carbocycles. The summed E-state index contributed by atoms with van der Waals surface area (Å²) in [6, 6.07) is 0. The second-order valence-electron chi connectivity index (χ2n) is 22.5. The molecule has 11 atom stereocenters. The van der Waals surface area contributed by atoms with Crippen molar-refractivity contribution in [2.24, 2.45) is 17.8 Å². The highest BCUT2D eigenvalue weighted by atomic mass is 28.4. The molecule has 0 spiro atoms. The summed E-state index contributed by atoms with van der Waals surface area (Å²) >= 11 is 0. The summed E-state index contributed by atoms with van der Waals surface area (Å²) < 4.78 is 59.3. The Morgan fingerprint density at radius 2 is 0.952 bits per heavy atom. The maximum atomic E-state index is 13.6. The van der Waals surface area contributed by atoms with Gasteiger partial charge in [0.25, 0.3) is 16.6 Å². The first-order valence-electron chi connectivity index (χ1n) is 22.5. The predicted octanol–water partition coefficient (Wildman–Crippen LogP) is 14.0. The Morgan fingerprint density at radius 1 is 0.597 bits per heavy atom. The number of hydrogen-bond acceptors (Lipinski definition) is 5. The molecule has 0 aliphatic heterocycles. The number of nitrogens with zero attached hydrogens (tertiary/aromatic N) is 3. The molecule has 354 valence electrons. The third kappa shape index (κ3) is 10.8. The van der Waals surface area contributed by atoms with E-state index in [1.807, 2.05) is 41.5 Å². The van der Waals surface area contributed by atoms with Gasteiger partial charge < -0.3 is 38.0 Å². The normalized spacial score (nSPS) is 35.2. The molecule has 0 heterocycles. The minimum atomic E-state index is -2.16. The van der Waals surface area contributed by atoms with Crippen LogP contribution >= 0.6 is 0 Å². The van der Waals surface area contributed by atoms with Gasteiger partial charge in [0.2, 0.25) is 0 Å². The van der Waals surface area contributed by atoms with Crippen LogP contribution in [0.3, 0.4) is 0 Å². The topological polar surface area (TPSA) is 81.2 Å². The first-order valence-corrected chi connectivity index (χ1v) is 31.2. The molecule has 3 fully saturated rings. The molecule has 3 rings (SSSR count). The summed E-state index contributed by atoms with van der Waals surface area (Å²) in [5.41, 5.74) is -1.63. The lowest BCUT2D eigenvalue weighted by molar-refractivity contribution is 0.0382. The molecule has 0 unspecified atom stereocenters. The second-order valence-corrected chi connectivity index (χ2v) is 36.8. The van der Waals surface area contributed by atoms with Crippen LogP contribution in [0.15, 0.2) is 35.7 Å². The highest BCUT2D eigenvalue weighted by Gasteiger charge is 2.63.